The van der Waals surface area contributed by atoms with Crippen LogP contribution in [0.1, 0.15) is 28.3 Å². The fourth-order valence-corrected chi connectivity index (χ4v) is 4.15. The van der Waals surface area contributed by atoms with Crippen LogP contribution in [0, 0.1) is 12.7 Å². The standard InChI is InChI=1S/C14H17FN2O2S2/c1-9-3-6-14(20-9)10(2)17-21(18,19)12-4-5-13(15)11(7-12)8-16/h3-7,10,17H,8,16H2,1-2H3. The molecule has 2 aromatic rings. The number of nitrogens with two attached hydrogens (primary N) is 1. The molecule has 3 N–H and O–H groups in total. The zero-order valence-electron chi connectivity index (χ0n) is 11.8. The second kappa shape index (κ2) is 6.23. The van der Waals surface area contributed by atoms with Gasteiger partial charge < -0.3 is 5.73 Å². The minimum atomic E-state index is -3.71. The van der Waals surface area contributed by atoms with E-state index in [9.17, 15) is 12.8 Å². The Morgan fingerprint density at radius 1 is 1.33 bits per heavy atom. The summed E-state index contributed by atoms with van der Waals surface area (Å²) >= 11 is 1.53. The number of aryl methyl sites for hydroxylation is 1. The van der Waals surface area contributed by atoms with E-state index in [2.05, 4.69) is 4.72 Å². The Balaban J connectivity index is 2.26. The summed E-state index contributed by atoms with van der Waals surface area (Å²) in [4.78, 5) is 2.06. The molecular weight excluding hydrogens is 311 g/mol. The summed E-state index contributed by atoms with van der Waals surface area (Å²) in [5.74, 6) is -0.501. The molecule has 0 saturated carbocycles. The Morgan fingerprint density at radius 2 is 2.05 bits per heavy atom. The van der Waals surface area contributed by atoms with Crippen molar-refractivity contribution < 1.29 is 12.8 Å². The maximum atomic E-state index is 13.4. The maximum Gasteiger partial charge on any atom is 0.241 e. The van der Waals surface area contributed by atoms with Gasteiger partial charge in [-0.05, 0) is 44.2 Å². The van der Waals surface area contributed by atoms with Gasteiger partial charge in [0, 0.05) is 21.9 Å². The molecule has 0 amide bonds. The highest BCUT2D eigenvalue weighted by Crippen LogP contribution is 2.24. The van der Waals surface area contributed by atoms with Crippen LogP contribution in [0.3, 0.4) is 0 Å². The van der Waals surface area contributed by atoms with E-state index in [-0.39, 0.29) is 23.0 Å². The number of nitrogens with one attached hydrogen (secondary N) is 1. The van der Waals surface area contributed by atoms with Gasteiger partial charge >= 0.3 is 0 Å². The van der Waals surface area contributed by atoms with Gasteiger partial charge in [-0.1, -0.05) is 0 Å². The normalized spacial score (nSPS) is 13.3. The Morgan fingerprint density at radius 3 is 2.62 bits per heavy atom. The molecule has 1 aromatic heterocycles. The molecule has 0 spiro atoms. The average molecular weight is 328 g/mol. The molecule has 21 heavy (non-hydrogen) atoms. The average Bonchev–Trinajstić information content (AvgIpc) is 2.85. The van der Waals surface area contributed by atoms with Gasteiger partial charge in [0.05, 0.1) is 10.9 Å². The highest BCUT2D eigenvalue weighted by Gasteiger charge is 2.20. The molecule has 7 heteroatoms. The third kappa shape index (κ3) is 3.68. The van der Waals surface area contributed by atoms with E-state index < -0.39 is 15.8 Å². The van der Waals surface area contributed by atoms with Crippen LogP contribution in [-0.2, 0) is 16.6 Å². The minimum absolute atomic E-state index is 0.0180. The number of halogens is 1. The first-order chi connectivity index (χ1) is 9.83. The molecule has 1 heterocycles. The SMILES string of the molecule is Cc1ccc(C(C)NS(=O)(=O)c2ccc(F)c(CN)c2)s1. The van der Waals surface area contributed by atoms with Crippen LogP contribution in [-0.4, -0.2) is 8.42 Å². The zero-order chi connectivity index (χ0) is 15.6. The van der Waals surface area contributed by atoms with Crippen LogP contribution in [0.25, 0.3) is 0 Å². The van der Waals surface area contributed by atoms with Gasteiger partial charge in [0.25, 0.3) is 0 Å². The summed E-state index contributed by atoms with van der Waals surface area (Å²) < 4.78 is 40.7. The van der Waals surface area contributed by atoms with Crippen molar-refractivity contribution >= 4 is 21.4 Å². The summed E-state index contributed by atoms with van der Waals surface area (Å²) in [5, 5.41) is 0. The molecular formula is C14H17FN2O2S2. The van der Waals surface area contributed by atoms with E-state index in [1.807, 2.05) is 19.1 Å². The molecule has 0 fully saturated rings. The number of thiophene rings is 1. The molecule has 114 valence electrons. The number of benzene rings is 1. The lowest BCUT2D eigenvalue weighted by Gasteiger charge is -2.13. The first-order valence-corrected chi connectivity index (χ1v) is 8.70. The minimum Gasteiger partial charge on any atom is -0.326 e. The van der Waals surface area contributed by atoms with E-state index in [4.69, 9.17) is 5.73 Å². The largest absolute Gasteiger partial charge is 0.326 e. The van der Waals surface area contributed by atoms with E-state index in [0.29, 0.717) is 0 Å². The van der Waals surface area contributed by atoms with Gasteiger partial charge in [0.2, 0.25) is 10.0 Å². The molecule has 0 saturated heterocycles. The van der Waals surface area contributed by atoms with E-state index >= 15 is 0 Å². The predicted molar refractivity (Wildman–Crippen MR) is 82.1 cm³/mol. The monoisotopic (exact) mass is 328 g/mol. The lowest BCUT2D eigenvalue weighted by Crippen LogP contribution is -2.26. The summed E-state index contributed by atoms with van der Waals surface area (Å²) in [6.07, 6.45) is 0. The summed E-state index contributed by atoms with van der Waals surface area (Å²) in [7, 11) is -3.71. The third-order valence-corrected chi connectivity index (χ3v) is 5.79. The number of hydrogen-bond donors (Lipinski definition) is 2. The topological polar surface area (TPSA) is 72.2 Å². The number of hydrogen-bond acceptors (Lipinski definition) is 4. The van der Waals surface area contributed by atoms with Gasteiger partial charge in [-0.15, -0.1) is 11.3 Å². The summed E-state index contributed by atoms with van der Waals surface area (Å²) in [6, 6.07) is 7.11. The maximum absolute atomic E-state index is 13.4. The third-order valence-electron chi connectivity index (χ3n) is 3.07. The lowest BCUT2D eigenvalue weighted by atomic mass is 10.2. The van der Waals surface area contributed by atoms with E-state index in [1.54, 1.807) is 6.92 Å². The van der Waals surface area contributed by atoms with Crippen LogP contribution in [0.2, 0.25) is 0 Å². The van der Waals surface area contributed by atoms with Gasteiger partial charge in [0.1, 0.15) is 5.82 Å². The zero-order valence-corrected chi connectivity index (χ0v) is 13.4. The van der Waals surface area contributed by atoms with Gasteiger partial charge in [0.15, 0.2) is 0 Å². The molecule has 0 bridgehead atoms. The second-order valence-corrected chi connectivity index (χ2v) is 7.78. The fraction of sp³-hybridized carbons (Fsp3) is 0.286. The molecule has 1 atom stereocenters. The Bertz CT molecular complexity index is 741. The van der Waals surface area contributed by atoms with Crippen molar-refractivity contribution in [2.75, 3.05) is 0 Å². The smallest absolute Gasteiger partial charge is 0.241 e. The van der Waals surface area contributed by atoms with Crippen LogP contribution in [0.5, 0.6) is 0 Å². The highest BCUT2D eigenvalue weighted by atomic mass is 32.2. The molecule has 0 aliphatic rings. The molecule has 0 aliphatic carbocycles. The van der Waals surface area contributed by atoms with E-state index in [1.165, 1.54) is 23.5 Å². The Hall–Kier alpha value is -1.28. The quantitative estimate of drug-likeness (QED) is 0.886. The molecule has 4 nitrogen and oxygen atoms in total. The van der Waals surface area contributed by atoms with Crippen LogP contribution >= 0.6 is 11.3 Å². The van der Waals surface area contributed by atoms with E-state index in [0.717, 1.165) is 15.8 Å². The Kier molecular flexibility index (Phi) is 4.77. The first kappa shape index (κ1) is 16.1. The molecule has 1 unspecified atom stereocenters. The number of rotatable bonds is 5. The molecule has 0 radical (unpaired) electrons. The van der Waals surface area contributed by atoms with Gasteiger partial charge in [-0.2, -0.15) is 0 Å². The van der Waals surface area contributed by atoms with Crippen LogP contribution in [0.4, 0.5) is 4.39 Å². The number of sulfonamides is 1. The summed E-state index contributed by atoms with van der Waals surface area (Å²) in [6.45, 7) is 3.69. The van der Waals surface area contributed by atoms with Crippen LogP contribution < -0.4 is 10.5 Å². The predicted octanol–water partition coefficient (Wildman–Crippen LogP) is 2.69. The lowest BCUT2D eigenvalue weighted by molar-refractivity contribution is 0.567. The summed E-state index contributed by atoms with van der Waals surface area (Å²) in [5.41, 5.74) is 5.58. The fourth-order valence-electron chi connectivity index (χ4n) is 1.92. The van der Waals surface area contributed by atoms with Crippen molar-refractivity contribution in [2.24, 2.45) is 5.73 Å². The second-order valence-electron chi connectivity index (χ2n) is 4.75. The van der Waals surface area contributed by atoms with Crippen molar-refractivity contribution in [3.63, 3.8) is 0 Å². The first-order valence-electron chi connectivity index (χ1n) is 6.40. The van der Waals surface area contributed by atoms with Crippen molar-refractivity contribution in [1.82, 2.24) is 4.72 Å². The van der Waals surface area contributed by atoms with Crippen molar-refractivity contribution in [1.29, 1.82) is 0 Å². The highest BCUT2D eigenvalue weighted by molar-refractivity contribution is 7.89. The van der Waals surface area contributed by atoms with Crippen molar-refractivity contribution in [3.05, 3.63) is 51.5 Å². The van der Waals surface area contributed by atoms with Crippen LogP contribution in [0.15, 0.2) is 35.2 Å². The van der Waals surface area contributed by atoms with Crippen molar-refractivity contribution in [3.8, 4) is 0 Å². The van der Waals surface area contributed by atoms with Crippen molar-refractivity contribution in [2.45, 2.75) is 31.3 Å². The molecule has 0 aliphatic heterocycles. The molecule has 2 rings (SSSR count). The molecule has 1 aromatic carbocycles. The Labute approximate surface area is 127 Å². The van der Waals surface area contributed by atoms with Gasteiger partial charge in [-0.25, -0.2) is 17.5 Å². The van der Waals surface area contributed by atoms with Gasteiger partial charge in [-0.3, -0.25) is 0 Å².